The summed E-state index contributed by atoms with van der Waals surface area (Å²) in [4.78, 5) is 34.8. The van der Waals surface area contributed by atoms with Gasteiger partial charge in [0.15, 0.2) is 11.7 Å². The van der Waals surface area contributed by atoms with E-state index >= 15 is 0 Å². The van der Waals surface area contributed by atoms with Crippen molar-refractivity contribution in [1.82, 2.24) is 0 Å². The summed E-state index contributed by atoms with van der Waals surface area (Å²) in [5.41, 5.74) is -2.65. The fourth-order valence-electron chi connectivity index (χ4n) is 1.94. The van der Waals surface area contributed by atoms with Crippen molar-refractivity contribution in [3.63, 3.8) is 0 Å². The molecule has 4 unspecified atom stereocenters. The van der Waals surface area contributed by atoms with Gasteiger partial charge in [-0.2, -0.15) is 0 Å². The monoisotopic (exact) mass is 308 g/mol. The van der Waals surface area contributed by atoms with Crippen LogP contribution in [0.2, 0.25) is 0 Å². The molecule has 11 nitrogen and oxygen atoms in total. The lowest BCUT2D eigenvalue weighted by Gasteiger charge is -2.41. The minimum atomic E-state index is -3.64. The Kier molecular flexibility index (Phi) is 3.42. The molecule has 0 saturated carbocycles. The summed E-state index contributed by atoms with van der Waals surface area (Å²) >= 11 is 0. The first kappa shape index (κ1) is 15.6. The van der Waals surface area contributed by atoms with Crippen LogP contribution in [0, 0.1) is 0 Å². The predicted molar refractivity (Wildman–Crippen MR) is 55.5 cm³/mol. The van der Waals surface area contributed by atoms with Gasteiger partial charge >= 0.3 is 29.7 Å². The number of rotatable bonds is 2. The second kappa shape index (κ2) is 4.61. The second-order valence-electron chi connectivity index (χ2n) is 4.70. The summed E-state index contributed by atoms with van der Waals surface area (Å²) in [6.45, 7) is -1.24. The van der Waals surface area contributed by atoms with Crippen LogP contribution in [0.15, 0.2) is 0 Å². The van der Waals surface area contributed by atoms with Crippen LogP contribution in [0.1, 0.15) is 12.8 Å². The molecule has 4 atom stereocenters. The summed E-state index contributed by atoms with van der Waals surface area (Å²) in [6, 6.07) is 0. The number of hydrogen-bond donors (Lipinski definition) is 5. The molecular weight excluding hydrogens is 296 g/mol. The van der Waals surface area contributed by atoms with Crippen molar-refractivity contribution >= 4 is 17.9 Å². The zero-order chi connectivity index (χ0) is 16.1. The number of aliphatic hydroxyl groups is 5. The quantitative estimate of drug-likeness (QED) is 0.312. The Hall–Kier alpha value is -1.79. The van der Waals surface area contributed by atoms with E-state index in [4.69, 9.17) is 5.11 Å². The van der Waals surface area contributed by atoms with Crippen molar-refractivity contribution < 1.29 is 54.1 Å². The second-order valence-corrected chi connectivity index (χ2v) is 4.70. The van der Waals surface area contributed by atoms with E-state index in [-0.39, 0.29) is 0 Å². The van der Waals surface area contributed by atoms with E-state index in [1.165, 1.54) is 0 Å². The van der Waals surface area contributed by atoms with E-state index in [0.717, 1.165) is 0 Å². The highest BCUT2D eigenvalue weighted by molar-refractivity contribution is 5.92. The van der Waals surface area contributed by atoms with Gasteiger partial charge in [-0.05, 0) is 0 Å². The van der Waals surface area contributed by atoms with E-state index in [2.05, 4.69) is 14.2 Å². The molecule has 2 aliphatic rings. The van der Waals surface area contributed by atoms with Crippen LogP contribution in [0.25, 0.3) is 0 Å². The first-order valence-corrected chi connectivity index (χ1v) is 5.69. The van der Waals surface area contributed by atoms with Crippen LogP contribution in [0.5, 0.6) is 0 Å². The number of ether oxygens (including phenoxy) is 3. The molecule has 2 heterocycles. The third-order valence-corrected chi connectivity index (χ3v) is 3.08. The topological polar surface area (TPSA) is 180 Å². The highest BCUT2D eigenvalue weighted by Crippen LogP contribution is 2.39. The largest absolute Gasteiger partial charge is 0.446 e. The van der Waals surface area contributed by atoms with E-state index in [1.54, 1.807) is 0 Å². The maximum atomic E-state index is 11.7. The number of aliphatic hydroxyl groups excluding tert-OH is 2. The third-order valence-electron chi connectivity index (χ3n) is 3.08. The number of cyclic esters (lactones) is 1. The van der Waals surface area contributed by atoms with Gasteiger partial charge < -0.3 is 39.7 Å². The molecular formula is C10H12O11. The van der Waals surface area contributed by atoms with Gasteiger partial charge in [0.1, 0.15) is 0 Å². The summed E-state index contributed by atoms with van der Waals surface area (Å²) in [5.74, 6) is -11.6. The minimum absolute atomic E-state index is 1.05. The van der Waals surface area contributed by atoms with Crippen LogP contribution in [-0.4, -0.2) is 73.5 Å². The SMILES string of the molecule is O=C1CC2(O)CC(=O)OC(O)(C(O)CO)C(O)(O1)OC2=O. The van der Waals surface area contributed by atoms with Crippen LogP contribution in [-0.2, 0) is 28.6 Å². The van der Waals surface area contributed by atoms with Gasteiger partial charge in [0.05, 0.1) is 19.4 Å². The molecule has 11 heteroatoms. The van der Waals surface area contributed by atoms with Gasteiger partial charge in [-0.1, -0.05) is 0 Å². The van der Waals surface area contributed by atoms with Crippen LogP contribution in [0.4, 0.5) is 0 Å². The van der Waals surface area contributed by atoms with Crippen LogP contribution >= 0.6 is 0 Å². The smallest absolute Gasteiger partial charge is 0.419 e. The van der Waals surface area contributed by atoms with E-state index in [9.17, 15) is 34.8 Å². The third kappa shape index (κ3) is 2.24. The van der Waals surface area contributed by atoms with Gasteiger partial charge in [-0.25, -0.2) is 4.79 Å². The van der Waals surface area contributed by atoms with Gasteiger partial charge in [0, 0.05) is 0 Å². The highest BCUT2D eigenvalue weighted by atomic mass is 16.9. The van der Waals surface area contributed by atoms with Gasteiger partial charge in [0.25, 0.3) is 0 Å². The van der Waals surface area contributed by atoms with Crippen molar-refractivity contribution in [2.45, 2.75) is 36.3 Å². The first-order valence-electron chi connectivity index (χ1n) is 5.69. The molecule has 21 heavy (non-hydrogen) atoms. The molecule has 0 aromatic heterocycles. The van der Waals surface area contributed by atoms with Gasteiger partial charge in [-0.3, -0.25) is 9.59 Å². The van der Waals surface area contributed by atoms with Crippen LogP contribution in [0.3, 0.4) is 0 Å². The van der Waals surface area contributed by atoms with Crippen molar-refractivity contribution in [2.24, 2.45) is 0 Å². The fraction of sp³-hybridized carbons (Fsp3) is 0.700. The maximum absolute atomic E-state index is 11.7. The lowest BCUT2D eigenvalue weighted by molar-refractivity contribution is -0.461. The molecule has 0 amide bonds. The standard InChI is InChI=1S/C10H12O11/c11-3-4(12)9(17)10(18)20-6(14)2-8(16,7(15)21-10)1-5(13)19-9/h4,11-12,16-18H,1-3H2. The molecule has 0 aromatic carbocycles. The molecule has 0 aromatic rings. The molecule has 0 aliphatic carbocycles. The molecule has 118 valence electrons. The van der Waals surface area contributed by atoms with Gasteiger partial charge in [0.2, 0.25) is 0 Å². The number of esters is 3. The summed E-state index contributed by atoms with van der Waals surface area (Å²) < 4.78 is 12.9. The average molecular weight is 308 g/mol. The molecule has 2 aliphatic heterocycles. The molecule has 0 spiro atoms. The summed E-state index contributed by atoms with van der Waals surface area (Å²) in [6.07, 6.45) is -4.53. The van der Waals surface area contributed by atoms with Gasteiger partial charge in [-0.15, -0.1) is 0 Å². The lowest BCUT2D eigenvalue weighted by Crippen LogP contribution is -2.69. The molecule has 2 rings (SSSR count). The Morgan fingerprint density at radius 1 is 1.00 bits per heavy atom. The van der Waals surface area contributed by atoms with Crippen molar-refractivity contribution in [1.29, 1.82) is 0 Å². The number of carbonyl (C=O) groups is 3. The summed E-state index contributed by atoms with van der Waals surface area (Å²) in [5, 5.41) is 48.3. The van der Waals surface area contributed by atoms with E-state index < -0.39 is 60.8 Å². The summed E-state index contributed by atoms with van der Waals surface area (Å²) in [7, 11) is 0. The molecule has 2 saturated heterocycles. The molecule has 2 fully saturated rings. The Morgan fingerprint density at radius 2 is 1.52 bits per heavy atom. The van der Waals surface area contributed by atoms with Crippen molar-refractivity contribution in [2.75, 3.05) is 6.61 Å². The zero-order valence-electron chi connectivity index (χ0n) is 10.4. The molecule has 0 radical (unpaired) electrons. The Labute approximate surface area is 116 Å². The molecule has 5 N–H and O–H groups in total. The van der Waals surface area contributed by atoms with Crippen molar-refractivity contribution in [3.8, 4) is 0 Å². The number of fused-ring (bicyclic) bond motifs is 3. The van der Waals surface area contributed by atoms with Crippen LogP contribution < -0.4 is 0 Å². The number of carbonyl (C=O) groups excluding carboxylic acids is 3. The average Bonchev–Trinajstić information content (AvgIpc) is 2.41. The lowest BCUT2D eigenvalue weighted by atomic mass is 9.95. The van der Waals surface area contributed by atoms with Crippen molar-refractivity contribution in [3.05, 3.63) is 0 Å². The first-order chi connectivity index (χ1) is 9.56. The Balaban J connectivity index is 2.59. The minimum Gasteiger partial charge on any atom is -0.419 e. The van der Waals surface area contributed by atoms with E-state index in [1.807, 2.05) is 0 Å². The normalized spacial score (nSPS) is 41.3. The van der Waals surface area contributed by atoms with E-state index in [0.29, 0.717) is 0 Å². The Bertz CT molecular complexity index is 503. The number of hydrogen-bond acceptors (Lipinski definition) is 11. The highest BCUT2D eigenvalue weighted by Gasteiger charge is 2.70. The maximum Gasteiger partial charge on any atom is 0.446 e. The predicted octanol–water partition coefficient (Wildman–Crippen LogP) is -4.16. The Morgan fingerprint density at radius 3 is 2.05 bits per heavy atom. The molecule has 2 bridgehead atoms. The fourth-order valence-corrected chi connectivity index (χ4v) is 1.94. The zero-order valence-corrected chi connectivity index (χ0v) is 10.4.